The monoisotopic (exact) mass is 336 g/mol. The average Bonchev–Trinajstić information content (AvgIpc) is 2.99. The molecule has 0 aliphatic carbocycles. The third kappa shape index (κ3) is 2.81. The minimum Gasteiger partial charge on any atom is -0.371 e. The molecule has 130 valence electrons. The lowest BCUT2D eigenvalue weighted by Crippen LogP contribution is -2.44. The smallest absolute Gasteiger partial charge is 0.161 e. The summed E-state index contributed by atoms with van der Waals surface area (Å²) in [4.78, 5) is 14.8. The maximum Gasteiger partial charge on any atom is 0.161 e. The van der Waals surface area contributed by atoms with Crippen LogP contribution in [-0.4, -0.2) is 53.8 Å². The van der Waals surface area contributed by atoms with Crippen LogP contribution in [0.4, 0.5) is 5.82 Å². The van der Waals surface area contributed by atoms with Crippen molar-refractivity contribution in [3.8, 4) is 11.4 Å². The van der Waals surface area contributed by atoms with Gasteiger partial charge in [-0.25, -0.2) is 9.97 Å². The Morgan fingerprint density at radius 2 is 1.80 bits per heavy atom. The second kappa shape index (κ2) is 6.07. The van der Waals surface area contributed by atoms with E-state index in [1.165, 1.54) is 24.1 Å². The zero-order valence-electron chi connectivity index (χ0n) is 14.7. The first-order chi connectivity index (χ1) is 12.3. The predicted molar refractivity (Wildman–Crippen MR) is 97.6 cm³/mol. The van der Waals surface area contributed by atoms with E-state index in [0.717, 1.165) is 49.8 Å². The molecule has 2 bridgehead atoms. The van der Waals surface area contributed by atoms with E-state index >= 15 is 0 Å². The number of hydrogen-bond acceptors (Lipinski definition) is 5. The molecule has 0 amide bonds. The molecule has 4 heterocycles. The van der Waals surface area contributed by atoms with E-state index in [-0.39, 0.29) is 0 Å². The number of benzene rings is 1. The van der Waals surface area contributed by atoms with Crippen LogP contribution < -0.4 is 4.90 Å². The lowest BCUT2D eigenvalue weighted by molar-refractivity contribution is 0.0301. The third-order valence-corrected chi connectivity index (χ3v) is 5.60. The van der Waals surface area contributed by atoms with Gasteiger partial charge in [-0.15, -0.1) is 0 Å². The van der Waals surface area contributed by atoms with Gasteiger partial charge in [0.25, 0.3) is 0 Å². The van der Waals surface area contributed by atoms with E-state index in [1.54, 1.807) is 0 Å². The van der Waals surface area contributed by atoms with Crippen LogP contribution in [0.1, 0.15) is 24.1 Å². The van der Waals surface area contributed by atoms with Crippen LogP contribution in [-0.2, 0) is 17.7 Å². The molecule has 2 unspecified atom stereocenters. The predicted octanol–water partition coefficient (Wildman–Crippen LogP) is 2.50. The minimum absolute atomic E-state index is 0.367. The number of ether oxygens (including phenoxy) is 1. The van der Waals surface area contributed by atoms with Crippen molar-refractivity contribution in [3.63, 3.8) is 0 Å². The Bertz CT molecular complexity index is 767. The van der Waals surface area contributed by atoms with Crippen molar-refractivity contribution in [3.05, 3.63) is 41.6 Å². The molecule has 25 heavy (non-hydrogen) atoms. The van der Waals surface area contributed by atoms with E-state index in [2.05, 4.69) is 41.1 Å². The highest BCUT2D eigenvalue weighted by Crippen LogP contribution is 2.34. The van der Waals surface area contributed by atoms with Gasteiger partial charge in [-0.3, -0.25) is 0 Å². The Morgan fingerprint density at radius 1 is 1.04 bits per heavy atom. The zero-order valence-corrected chi connectivity index (χ0v) is 14.7. The lowest BCUT2D eigenvalue weighted by atomic mass is 10.0. The summed E-state index contributed by atoms with van der Waals surface area (Å²) in [5, 5.41) is 0. The highest BCUT2D eigenvalue weighted by atomic mass is 16.5. The molecule has 0 N–H and O–H groups in total. The summed E-state index contributed by atoms with van der Waals surface area (Å²) in [5.74, 6) is 1.99. The summed E-state index contributed by atoms with van der Waals surface area (Å²) >= 11 is 0. The first-order valence-corrected chi connectivity index (χ1v) is 9.30. The Hall–Kier alpha value is -1.98. The number of nitrogens with zero attached hydrogens (tertiary/aromatic N) is 4. The molecule has 1 aromatic heterocycles. The molecule has 1 aromatic carbocycles. The molecule has 2 saturated heterocycles. The molecule has 5 nitrogen and oxygen atoms in total. The SMILES string of the molecule is CN1CCc2nc(-c3ccccc3)nc(N3CC4CCC(C3)O4)c2C1. The molecule has 3 aliphatic heterocycles. The van der Waals surface area contributed by atoms with Crippen LogP contribution in [0.2, 0.25) is 0 Å². The molecule has 2 fully saturated rings. The number of morpholine rings is 1. The Kier molecular flexibility index (Phi) is 3.71. The number of hydrogen-bond donors (Lipinski definition) is 0. The van der Waals surface area contributed by atoms with Crippen molar-refractivity contribution in [2.75, 3.05) is 31.6 Å². The second-order valence-electron chi connectivity index (χ2n) is 7.51. The maximum atomic E-state index is 6.03. The van der Waals surface area contributed by atoms with Crippen LogP contribution in [0.25, 0.3) is 11.4 Å². The van der Waals surface area contributed by atoms with Crippen LogP contribution >= 0.6 is 0 Å². The van der Waals surface area contributed by atoms with Crippen LogP contribution in [0.3, 0.4) is 0 Å². The van der Waals surface area contributed by atoms with Gasteiger partial charge in [0, 0.05) is 43.7 Å². The molecular formula is C20H24N4O. The fraction of sp³-hybridized carbons (Fsp3) is 0.500. The molecule has 2 aromatic rings. The fourth-order valence-electron chi connectivity index (χ4n) is 4.30. The number of fused-ring (bicyclic) bond motifs is 3. The minimum atomic E-state index is 0.367. The maximum absolute atomic E-state index is 6.03. The number of aromatic nitrogens is 2. The van der Waals surface area contributed by atoms with E-state index in [9.17, 15) is 0 Å². The van der Waals surface area contributed by atoms with Crippen LogP contribution in [0.15, 0.2) is 30.3 Å². The Morgan fingerprint density at radius 3 is 2.56 bits per heavy atom. The van der Waals surface area contributed by atoms with Crippen molar-refractivity contribution in [2.24, 2.45) is 0 Å². The molecule has 5 rings (SSSR count). The Labute approximate surface area is 148 Å². The first-order valence-electron chi connectivity index (χ1n) is 9.30. The molecule has 5 heteroatoms. The highest BCUT2D eigenvalue weighted by molar-refractivity contribution is 5.61. The van der Waals surface area contributed by atoms with Crippen molar-refractivity contribution >= 4 is 5.82 Å². The molecular weight excluding hydrogens is 312 g/mol. The molecule has 0 radical (unpaired) electrons. The van der Waals surface area contributed by atoms with Gasteiger partial charge in [0.05, 0.1) is 17.9 Å². The molecule has 2 atom stereocenters. The zero-order chi connectivity index (χ0) is 16.8. The largest absolute Gasteiger partial charge is 0.371 e. The van der Waals surface area contributed by atoms with E-state index < -0.39 is 0 Å². The summed E-state index contributed by atoms with van der Waals surface area (Å²) in [5.41, 5.74) is 3.64. The highest BCUT2D eigenvalue weighted by Gasteiger charge is 2.36. The fourth-order valence-corrected chi connectivity index (χ4v) is 4.30. The molecule has 0 spiro atoms. The van der Waals surface area contributed by atoms with Gasteiger partial charge in [-0.1, -0.05) is 30.3 Å². The first kappa shape index (κ1) is 15.3. The van der Waals surface area contributed by atoms with Gasteiger partial charge in [-0.2, -0.15) is 0 Å². The van der Waals surface area contributed by atoms with Crippen molar-refractivity contribution in [1.29, 1.82) is 0 Å². The van der Waals surface area contributed by atoms with Crippen molar-refractivity contribution in [1.82, 2.24) is 14.9 Å². The number of anilines is 1. The van der Waals surface area contributed by atoms with Gasteiger partial charge < -0.3 is 14.5 Å². The standard InChI is InChI=1S/C20H24N4O/c1-23-10-9-18-17(13-23)20(24-11-15-7-8-16(12-24)25-15)22-19(21-18)14-5-3-2-4-6-14/h2-6,15-16H,7-13H2,1H3. The van der Waals surface area contributed by atoms with Crippen molar-refractivity contribution < 1.29 is 4.74 Å². The summed E-state index contributed by atoms with van der Waals surface area (Å²) in [6.07, 6.45) is 4.09. The average molecular weight is 336 g/mol. The van der Waals surface area contributed by atoms with Gasteiger partial charge in [0.1, 0.15) is 5.82 Å². The summed E-state index contributed by atoms with van der Waals surface area (Å²) < 4.78 is 6.03. The van der Waals surface area contributed by atoms with E-state index in [4.69, 9.17) is 14.7 Å². The summed E-state index contributed by atoms with van der Waals surface area (Å²) in [6, 6.07) is 10.4. The van der Waals surface area contributed by atoms with Gasteiger partial charge in [0.2, 0.25) is 0 Å². The molecule has 3 aliphatic rings. The summed E-state index contributed by atoms with van der Waals surface area (Å²) in [7, 11) is 2.18. The number of likely N-dealkylation sites (N-methyl/N-ethyl adjacent to an activating group) is 1. The topological polar surface area (TPSA) is 41.5 Å². The lowest BCUT2D eigenvalue weighted by Gasteiger charge is -2.36. The third-order valence-electron chi connectivity index (χ3n) is 5.60. The quantitative estimate of drug-likeness (QED) is 0.843. The molecule has 0 saturated carbocycles. The van der Waals surface area contributed by atoms with Gasteiger partial charge in [-0.05, 0) is 19.9 Å². The van der Waals surface area contributed by atoms with Gasteiger partial charge in [0.15, 0.2) is 5.82 Å². The van der Waals surface area contributed by atoms with E-state index in [1.807, 2.05) is 6.07 Å². The van der Waals surface area contributed by atoms with Crippen molar-refractivity contribution in [2.45, 2.75) is 38.0 Å². The normalized spacial score (nSPS) is 25.9. The summed E-state index contributed by atoms with van der Waals surface area (Å²) in [6.45, 7) is 3.91. The van der Waals surface area contributed by atoms with Crippen LogP contribution in [0, 0.1) is 0 Å². The number of rotatable bonds is 2. The Balaban J connectivity index is 1.60. The second-order valence-corrected chi connectivity index (χ2v) is 7.51. The van der Waals surface area contributed by atoms with E-state index in [0.29, 0.717) is 12.2 Å². The van der Waals surface area contributed by atoms with Crippen LogP contribution in [0.5, 0.6) is 0 Å². The van der Waals surface area contributed by atoms with Gasteiger partial charge >= 0.3 is 0 Å².